The highest BCUT2D eigenvalue weighted by Gasteiger charge is 2.24. The van der Waals surface area contributed by atoms with E-state index in [2.05, 4.69) is 4.98 Å². The lowest BCUT2D eigenvalue weighted by molar-refractivity contribution is 0.105. The first-order valence-corrected chi connectivity index (χ1v) is 5.22. The molecule has 0 aliphatic rings. The molecule has 0 saturated carbocycles. The van der Waals surface area contributed by atoms with Crippen LogP contribution in [0.15, 0.2) is 24.1 Å². The molecule has 16 heavy (non-hydrogen) atoms. The van der Waals surface area contributed by atoms with Crippen LogP contribution < -0.4 is 0 Å². The van der Waals surface area contributed by atoms with Crippen LogP contribution in [0, 0.1) is 5.39 Å². The fraction of sp³-hybridized carbons (Fsp3) is 0.200. The fourth-order valence-corrected chi connectivity index (χ4v) is 1.37. The quantitative estimate of drug-likeness (QED) is 0.658. The molecule has 0 aliphatic heterocycles. The van der Waals surface area contributed by atoms with Crippen LogP contribution in [0.2, 0.25) is 10.0 Å². The Morgan fingerprint density at radius 3 is 2.62 bits per heavy atom. The van der Waals surface area contributed by atoms with Crippen LogP contribution in [-0.2, 0) is 4.74 Å². The van der Waals surface area contributed by atoms with Gasteiger partial charge in [0.05, 0.1) is 22.2 Å². The summed E-state index contributed by atoms with van der Waals surface area (Å²) in [7, 11) is 0. The third-order valence-corrected chi connectivity index (χ3v) is 2.52. The Bertz CT molecular complexity index is 466. The standard InChI is InChI=1S/C10H8Cl2N2O2/c1-2-16-10(15)9(14-13)6-3-4-7(11)8(12)5-6/h3-5H,2H2,1H3/p+1/b10-9-. The Kier molecular flexibility index (Phi) is 4.41. The zero-order chi connectivity index (χ0) is 12.1. The van der Waals surface area contributed by atoms with Crippen LogP contribution in [0.5, 0.6) is 0 Å². The molecule has 1 aromatic carbocycles. The second-order valence-electron chi connectivity index (χ2n) is 2.82. The molecule has 0 aromatic heterocycles. The van der Waals surface area contributed by atoms with Gasteiger partial charge in [-0.1, -0.05) is 23.2 Å². The first kappa shape index (κ1) is 12.6. The van der Waals surface area contributed by atoms with Crippen molar-refractivity contribution in [1.82, 2.24) is 0 Å². The van der Waals surface area contributed by atoms with E-state index >= 15 is 0 Å². The lowest BCUT2D eigenvalue weighted by Gasteiger charge is -1.99. The number of aliphatic hydroxyl groups is 1. The predicted octanol–water partition coefficient (Wildman–Crippen LogP) is 4.07. The van der Waals surface area contributed by atoms with Gasteiger partial charge in [0.1, 0.15) is 0 Å². The third-order valence-electron chi connectivity index (χ3n) is 1.78. The minimum Gasteiger partial charge on any atom is -0.475 e. The molecule has 0 saturated heterocycles. The lowest BCUT2D eigenvalue weighted by Crippen LogP contribution is -1.94. The van der Waals surface area contributed by atoms with E-state index in [0.717, 1.165) is 0 Å². The molecule has 0 spiro atoms. The molecule has 0 unspecified atom stereocenters. The molecule has 0 aliphatic carbocycles. The number of halogens is 2. The molecule has 0 atom stereocenters. The molecule has 0 heterocycles. The fourth-order valence-electron chi connectivity index (χ4n) is 1.07. The molecule has 0 amide bonds. The smallest absolute Gasteiger partial charge is 0.471 e. The molecule has 1 aromatic rings. The van der Waals surface area contributed by atoms with Crippen LogP contribution >= 0.6 is 23.2 Å². The molecule has 0 fully saturated rings. The predicted molar refractivity (Wildman–Crippen MR) is 62.7 cm³/mol. The van der Waals surface area contributed by atoms with Crippen molar-refractivity contribution in [2.24, 2.45) is 0 Å². The molecule has 1 rings (SSSR count). The second-order valence-corrected chi connectivity index (χ2v) is 3.63. The van der Waals surface area contributed by atoms with E-state index in [-0.39, 0.29) is 12.3 Å². The molecule has 6 heteroatoms. The van der Waals surface area contributed by atoms with Crippen molar-refractivity contribution in [3.63, 3.8) is 0 Å². The van der Waals surface area contributed by atoms with Crippen molar-refractivity contribution >= 4 is 28.9 Å². The van der Waals surface area contributed by atoms with Gasteiger partial charge in [-0.2, -0.15) is 0 Å². The SMILES string of the molecule is CCO/C(O)=C(\[N+]#N)c1ccc(Cl)c(Cl)c1. The molecule has 4 nitrogen and oxygen atoms in total. The van der Waals surface area contributed by atoms with E-state index in [4.69, 9.17) is 33.3 Å². The maximum atomic E-state index is 9.45. The van der Waals surface area contributed by atoms with Gasteiger partial charge in [0.2, 0.25) is 5.39 Å². The molecule has 0 radical (unpaired) electrons. The highest BCUT2D eigenvalue weighted by molar-refractivity contribution is 6.42. The minimum absolute atomic E-state index is 0.0968. The average Bonchev–Trinajstić information content (AvgIpc) is 2.25. The van der Waals surface area contributed by atoms with Crippen molar-refractivity contribution in [2.45, 2.75) is 6.92 Å². The van der Waals surface area contributed by atoms with Gasteiger partial charge in [-0.15, -0.1) is 0 Å². The topological polar surface area (TPSA) is 57.6 Å². The second kappa shape index (κ2) is 5.59. The first-order chi connectivity index (χ1) is 7.60. The Balaban J connectivity index is 3.20. The van der Waals surface area contributed by atoms with Crippen LogP contribution in [0.3, 0.4) is 0 Å². The van der Waals surface area contributed by atoms with Gasteiger partial charge < -0.3 is 9.84 Å². The summed E-state index contributed by atoms with van der Waals surface area (Å²) in [5, 5.41) is 18.9. The van der Waals surface area contributed by atoms with Crippen LogP contribution in [0.1, 0.15) is 12.5 Å². The molecule has 1 N–H and O–H groups in total. The summed E-state index contributed by atoms with van der Waals surface area (Å²) in [4.78, 5) is 2.95. The summed E-state index contributed by atoms with van der Waals surface area (Å²) in [5.74, 6) is -0.469. The number of rotatable bonds is 3. The Hall–Kier alpha value is -1.44. The van der Waals surface area contributed by atoms with Gasteiger partial charge in [0.25, 0.3) is 0 Å². The molecular formula is C10H9Cl2N2O2+. The van der Waals surface area contributed by atoms with Gasteiger partial charge in [-0.25, -0.2) is 0 Å². The number of aliphatic hydroxyl groups excluding tert-OH is 1. The van der Waals surface area contributed by atoms with E-state index in [1.54, 1.807) is 13.0 Å². The number of hydrogen-bond acceptors (Lipinski definition) is 3. The number of nitrogens with zero attached hydrogens (tertiary/aromatic N) is 2. The maximum Gasteiger partial charge on any atom is 0.471 e. The summed E-state index contributed by atoms with van der Waals surface area (Å²) >= 11 is 11.5. The Morgan fingerprint density at radius 1 is 1.44 bits per heavy atom. The number of ether oxygens (including phenoxy) is 1. The number of diazo groups is 1. The highest BCUT2D eigenvalue weighted by atomic mass is 35.5. The number of hydrogen-bond donors (Lipinski definition) is 1. The zero-order valence-electron chi connectivity index (χ0n) is 8.44. The third kappa shape index (κ3) is 2.78. The van der Waals surface area contributed by atoms with Crippen LogP contribution in [0.4, 0.5) is 0 Å². The summed E-state index contributed by atoms with van der Waals surface area (Å²) in [6, 6.07) is 4.55. The lowest BCUT2D eigenvalue weighted by atomic mass is 10.2. The first-order valence-electron chi connectivity index (χ1n) is 4.46. The normalized spacial score (nSPS) is 11.6. The number of benzene rings is 1. The van der Waals surface area contributed by atoms with Gasteiger partial charge in [0.15, 0.2) is 4.98 Å². The molecule has 0 bridgehead atoms. The maximum absolute atomic E-state index is 9.45. The van der Waals surface area contributed by atoms with Crippen molar-refractivity contribution in [3.8, 4) is 0 Å². The average molecular weight is 260 g/mol. The van der Waals surface area contributed by atoms with Crippen LogP contribution in [0.25, 0.3) is 10.7 Å². The minimum atomic E-state index is -0.469. The van der Waals surface area contributed by atoms with E-state index in [1.807, 2.05) is 0 Å². The van der Waals surface area contributed by atoms with Crippen molar-refractivity contribution in [3.05, 3.63) is 44.7 Å². The van der Waals surface area contributed by atoms with Crippen molar-refractivity contribution < 1.29 is 9.84 Å². The van der Waals surface area contributed by atoms with E-state index in [1.165, 1.54) is 12.1 Å². The highest BCUT2D eigenvalue weighted by Crippen LogP contribution is 2.28. The van der Waals surface area contributed by atoms with E-state index in [0.29, 0.717) is 15.6 Å². The van der Waals surface area contributed by atoms with Gasteiger partial charge in [-0.05, 0) is 25.1 Å². The summed E-state index contributed by atoms with van der Waals surface area (Å²) < 4.78 is 4.82. The van der Waals surface area contributed by atoms with Crippen molar-refractivity contribution in [1.29, 1.82) is 5.39 Å². The van der Waals surface area contributed by atoms with Crippen LogP contribution in [-0.4, -0.2) is 11.7 Å². The Labute approximate surface area is 103 Å². The van der Waals surface area contributed by atoms with E-state index < -0.39 is 5.95 Å². The van der Waals surface area contributed by atoms with E-state index in [9.17, 15) is 5.11 Å². The monoisotopic (exact) mass is 259 g/mol. The zero-order valence-corrected chi connectivity index (χ0v) is 9.96. The summed E-state index contributed by atoms with van der Waals surface area (Å²) in [5.41, 5.74) is 0.309. The molecule has 84 valence electrons. The van der Waals surface area contributed by atoms with Gasteiger partial charge >= 0.3 is 11.6 Å². The summed E-state index contributed by atoms with van der Waals surface area (Å²) in [6.45, 7) is 1.95. The van der Waals surface area contributed by atoms with Gasteiger partial charge in [0, 0.05) is 0 Å². The molecular weight excluding hydrogens is 251 g/mol. The van der Waals surface area contributed by atoms with Crippen molar-refractivity contribution in [2.75, 3.05) is 6.61 Å². The summed E-state index contributed by atoms with van der Waals surface area (Å²) in [6.07, 6.45) is 0. The van der Waals surface area contributed by atoms with Gasteiger partial charge in [-0.3, -0.25) is 0 Å². The Morgan fingerprint density at radius 2 is 2.12 bits per heavy atom. The largest absolute Gasteiger partial charge is 0.475 e.